The molecule has 3 aromatic rings. The van der Waals surface area contributed by atoms with Gasteiger partial charge in [0.2, 0.25) is 0 Å². The second kappa shape index (κ2) is 8.71. The highest BCUT2D eigenvalue weighted by Gasteiger charge is 2.20. The highest BCUT2D eigenvalue weighted by atomic mass is 32.1. The first-order chi connectivity index (χ1) is 13.5. The van der Waals surface area contributed by atoms with Crippen LogP contribution >= 0.6 is 11.3 Å². The zero-order valence-electron chi connectivity index (χ0n) is 15.8. The van der Waals surface area contributed by atoms with Crippen LogP contribution in [0.3, 0.4) is 0 Å². The molecule has 0 aliphatic heterocycles. The number of urea groups is 1. The number of carboxylic acids is 1. The van der Waals surface area contributed by atoms with Crippen LogP contribution in [-0.2, 0) is 6.54 Å². The van der Waals surface area contributed by atoms with Gasteiger partial charge in [-0.1, -0.05) is 60.2 Å². The van der Waals surface area contributed by atoms with Gasteiger partial charge in [0.25, 0.3) is 0 Å². The van der Waals surface area contributed by atoms with Gasteiger partial charge in [-0.25, -0.2) is 9.59 Å². The van der Waals surface area contributed by atoms with Crippen molar-refractivity contribution < 1.29 is 14.7 Å². The third-order valence-corrected chi connectivity index (χ3v) is 5.56. The Labute approximate surface area is 168 Å². The molecule has 2 aromatic carbocycles. The van der Waals surface area contributed by atoms with E-state index >= 15 is 0 Å². The number of nitrogens with one attached hydrogen (secondary N) is 1. The molecule has 0 bridgehead atoms. The molecule has 3 rings (SSSR count). The van der Waals surface area contributed by atoms with Crippen molar-refractivity contribution in [2.45, 2.75) is 20.4 Å². The van der Waals surface area contributed by atoms with Gasteiger partial charge in [0.1, 0.15) is 4.88 Å². The van der Waals surface area contributed by atoms with E-state index in [1.807, 2.05) is 68.4 Å². The van der Waals surface area contributed by atoms with Crippen LogP contribution in [0.4, 0.5) is 10.5 Å². The number of carbonyl (C=O) groups excluding carboxylic acids is 1. The quantitative estimate of drug-likeness (QED) is 0.582. The van der Waals surface area contributed by atoms with Gasteiger partial charge in [0.05, 0.1) is 5.69 Å². The molecule has 0 saturated heterocycles. The van der Waals surface area contributed by atoms with Crippen molar-refractivity contribution in [1.82, 2.24) is 4.90 Å². The van der Waals surface area contributed by atoms with Crippen molar-refractivity contribution in [2.24, 2.45) is 0 Å². The molecule has 0 atom stereocenters. The van der Waals surface area contributed by atoms with E-state index in [9.17, 15) is 14.7 Å². The number of carboxylic acid groups (broad SMARTS) is 1. The zero-order chi connectivity index (χ0) is 20.1. The summed E-state index contributed by atoms with van der Waals surface area (Å²) in [6, 6.07) is 19.0. The number of benzene rings is 2. The minimum Gasteiger partial charge on any atom is -0.477 e. The summed E-state index contributed by atoms with van der Waals surface area (Å²) in [5, 5.41) is 12.3. The maximum Gasteiger partial charge on any atom is 0.348 e. The molecule has 1 heterocycles. The van der Waals surface area contributed by atoms with Gasteiger partial charge >= 0.3 is 12.0 Å². The van der Waals surface area contributed by atoms with Crippen LogP contribution < -0.4 is 5.32 Å². The van der Waals surface area contributed by atoms with Crippen molar-refractivity contribution in [3.8, 4) is 10.4 Å². The van der Waals surface area contributed by atoms with Gasteiger partial charge in [-0.15, -0.1) is 11.3 Å². The summed E-state index contributed by atoms with van der Waals surface area (Å²) in [4.78, 5) is 27.0. The predicted molar refractivity (Wildman–Crippen MR) is 113 cm³/mol. The van der Waals surface area contributed by atoms with E-state index in [4.69, 9.17) is 0 Å². The van der Waals surface area contributed by atoms with Crippen LogP contribution in [0.1, 0.15) is 27.7 Å². The molecular weight excluding hydrogens is 372 g/mol. The lowest BCUT2D eigenvalue weighted by molar-refractivity contribution is 0.0703. The average molecular weight is 394 g/mol. The number of aromatic carboxylic acids is 1. The normalized spacial score (nSPS) is 10.5. The van der Waals surface area contributed by atoms with Crippen LogP contribution in [0.15, 0.2) is 60.7 Å². The molecule has 144 valence electrons. The number of nitrogens with zero attached hydrogens (tertiary/aromatic N) is 1. The van der Waals surface area contributed by atoms with Crippen molar-refractivity contribution in [3.63, 3.8) is 0 Å². The minimum atomic E-state index is -1.05. The summed E-state index contributed by atoms with van der Waals surface area (Å²) >= 11 is 1.16. The molecule has 2 N–H and O–H groups in total. The Morgan fingerprint density at radius 3 is 2.36 bits per heavy atom. The molecule has 1 aromatic heterocycles. The van der Waals surface area contributed by atoms with E-state index in [2.05, 4.69) is 5.32 Å². The zero-order valence-corrected chi connectivity index (χ0v) is 16.6. The molecule has 0 aliphatic carbocycles. The third kappa shape index (κ3) is 4.58. The summed E-state index contributed by atoms with van der Waals surface area (Å²) in [5.41, 5.74) is 3.40. The molecule has 0 aliphatic rings. The lowest BCUT2D eigenvalue weighted by atomic mass is 10.1. The molecule has 2 amide bonds. The molecule has 0 unspecified atom stereocenters. The van der Waals surface area contributed by atoms with Crippen LogP contribution in [0, 0.1) is 6.92 Å². The van der Waals surface area contributed by atoms with Gasteiger partial charge in [0, 0.05) is 18.0 Å². The number of rotatable bonds is 6. The highest BCUT2D eigenvalue weighted by molar-refractivity contribution is 7.18. The Kier molecular flexibility index (Phi) is 6.11. The number of carbonyl (C=O) groups is 2. The van der Waals surface area contributed by atoms with Crippen molar-refractivity contribution in [2.75, 3.05) is 11.9 Å². The SMILES string of the molecule is CCN(Cc1ccccc1)C(=O)Nc1cc(-c2ccc(C)cc2)sc1C(=O)O. The van der Waals surface area contributed by atoms with Crippen molar-refractivity contribution in [1.29, 1.82) is 0 Å². The second-order valence-corrected chi connectivity index (χ2v) is 7.51. The fraction of sp³-hybridized carbons (Fsp3) is 0.182. The molecule has 0 spiro atoms. The summed E-state index contributed by atoms with van der Waals surface area (Å²) in [5.74, 6) is -1.05. The van der Waals surface area contributed by atoms with Gasteiger partial charge < -0.3 is 15.3 Å². The summed E-state index contributed by atoms with van der Waals surface area (Å²) < 4.78 is 0. The van der Waals surface area contributed by atoms with Gasteiger partial charge in [0.15, 0.2) is 0 Å². The average Bonchev–Trinajstić information content (AvgIpc) is 3.11. The number of amides is 2. The minimum absolute atomic E-state index is 0.125. The number of hydrogen-bond acceptors (Lipinski definition) is 3. The molecular formula is C22H22N2O3S. The van der Waals surface area contributed by atoms with Gasteiger partial charge in [-0.05, 0) is 31.0 Å². The fourth-order valence-electron chi connectivity index (χ4n) is 2.83. The lowest BCUT2D eigenvalue weighted by Gasteiger charge is -2.21. The van der Waals surface area contributed by atoms with Crippen molar-refractivity contribution in [3.05, 3.63) is 76.7 Å². The second-order valence-electron chi connectivity index (χ2n) is 6.45. The molecule has 0 radical (unpaired) electrons. The van der Waals surface area contributed by atoms with Crippen molar-refractivity contribution >= 4 is 29.0 Å². The van der Waals surface area contributed by atoms with Gasteiger partial charge in [-0.2, -0.15) is 0 Å². The molecule has 0 saturated carbocycles. The molecule has 28 heavy (non-hydrogen) atoms. The number of aryl methyl sites for hydroxylation is 1. The number of hydrogen-bond donors (Lipinski definition) is 2. The monoisotopic (exact) mass is 394 g/mol. The van der Waals surface area contributed by atoms with E-state index in [-0.39, 0.29) is 10.9 Å². The van der Waals surface area contributed by atoms with Crippen LogP contribution in [0.2, 0.25) is 0 Å². The smallest absolute Gasteiger partial charge is 0.348 e. The number of anilines is 1. The first-order valence-corrected chi connectivity index (χ1v) is 9.83. The lowest BCUT2D eigenvalue weighted by Crippen LogP contribution is -2.34. The highest BCUT2D eigenvalue weighted by Crippen LogP contribution is 2.35. The van der Waals surface area contributed by atoms with E-state index in [1.54, 1.807) is 11.0 Å². The maximum atomic E-state index is 12.7. The standard InChI is InChI=1S/C22H22N2O3S/c1-3-24(14-16-7-5-4-6-8-16)22(27)23-18-13-19(28-20(18)21(25)26)17-11-9-15(2)10-12-17/h4-13H,3,14H2,1-2H3,(H,23,27)(H,25,26). The van der Waals surface area contributed by atoms with Crippen LogP contribution in [0.5, 0.6) is 0 Å². The van der Waals surface area contributed by atoms with E-state index in [0.717, 1.165) is 32.9 Å². The fourth-order valence-corrected chi connectivity index (χ4v) is 3.79. The Hall–Kier alpha value is -3.12. The first-order valence-electron chi connectivity index (χ1n) is 9.02. The molecule has 5 nitrogen and oxygen atoms in total. The topological polar surface area (TPSA) is 69.6 Å². The van der Waals surface area contributed by atoms with E-state index in [0.29, 0.717) is 18.8 Å². The van der Waals surface area contributed by atoms with E-state index in [1.165, 1.54) is 0 Å². The Morgan fingerprint density at radius 1 is 1.07 bits per heavy atom. The Morgan fingerprint density at radius 2 is 1.75 bits per heavy atom. The van der Waals surface area contributed by atoms with Crippen LogP contribution in [-0.4, -0.2) is 28.6 Å². The third-order valence-electron chi connectivity index (χ3n) is 4.39. The number of thiophene rings is 1. The largest absolute Gasteiger partial charge is 0.477 e. The predicted octanol–water partition coefficient (Wildman–Crippen LogP) is 5.48. The van der Waals surface area contributed by atoms with E-state index < -0.39 is 5.97 Å². The van der Waals surface area contributed by atoms with Gasteiger partial charge in [-0.3, -0.25) is 0 Å². The summed E-state index contributed by atoms with van der Waals surface area (Å²) in [7, 11) is 0. The van der Waals surface area contributed by atoms with Crippen LogP contribution in [0.25, 0.3) is 10.4 Å². The summed E-state index contributed by atoms with van der Waals surface area (Å²) in [6.45, 7) is 4.86. The Balaban J connectivity index is 1.82. The molecule has 6 heteroatoms. The first kappa shape index (κ1) is 19.6. The summed E-state index contributed by atoms with van der Waals surface area (Å²) in [6.07, 6.45) is 0. The maximum absolute atomic E-state index is 12.7. The molecule has 0 fully saturated rings. The Bertz CT molecular complexity index is 965.